The Morgan fingerprint density at radius 3 is 2.59 bits per heavy atom. The van der Waals surface area contributed by atoms with Gasteiger partial charge in [0.05, 0.1) is 0 Å². The van der Waals surface area contributed by atoms with Crippen molar-refractivity contribution in [3.63, 3.8) is 0 Å². The van der Waals surface area contributed by atoms with Gasteiger partial charge in [-0.25, -0.2) is 4.79 Å². The van der Waals surface area contributed by atoms with E-state index >= 15 is 0 Å². The largest absolute Gasteiger partial charge is 0.467 e. The molecule has 5 nitrogen and oxygen atoms in total. The standard InChI is InChI=1S/C15H18F2N2O3/c1-14(2,3)22-13(20)19-11-5-4-6-12(18-11)21-15(7-8-15)9-10(16)17/h4-6,9H,7-8H2,1-3H3,(H,18,19,20). The Kier molecular flexibility index (Phi) is 4.35. The Labute approximate surface area is 127 Å². The van der Waals surface area contributed by atoms with Gasteiger partial charge in [-0.1, -0.05) is 6.07 Å². The summed E-state index contributed by atoms with van der Waals surface area (Å²) in [6.45, 7) is 5.23. The molecule has 22 heavy (non-hydrogen) atoms. The summed E-state index contributed by atoms with van der Waals surface area (Å²) < 4.78 is 35.3. The summed E-state index contributed by atoms with van der Waals surface area (Å²) in [7, 11) is 0. The van der Waals surface area contributed by atoms with Crippen molar-refractivity contribution < 1.29 is 23.0 Å². The van der Waals surface area contributed by atoms with Crippen LogP contribution < -0.4 is 10.1 Å². The monoisotopic (exact) mass is 312 g/mol. The minimum absolute atomic E-state index is 0.170. The van der Waals surface area contributed by atoms with Crippen molar-refractivity contribution >= 4 is 11.9 Å². The van der Waals surface area contributed by atoms with Gasteiger partial charge >= 0.3 is 6.09 Å². The number of halogens is 2. The number of nitrogens with zero attached hydrogens (tertiary/aromatic N) is 1. The SMILES string of the molecule is CC(C)(C)OC(=O)Nc1cccc(OC2(C=C(F)F)CC2)n1. The van der Waals surface area contributed by atoms with Crippen molar-refractivity contribution in [2.45, 2.75) is 44.8 Å². The fraction of sp³-hybridized carbons (Fsp3) is 0.467. The number of ether oxygens (including phenoxy) is 2. The molecule has 1 saturated carbocycles. The Hall–Kier alpha value is -2.18. The average molecular weight is 312 g/mol. The summed E-state index contributed by atoms with van der Waals surface area (Å²) >= 11 is 0. The van der Waals surface area contributed by atoms with Crippen LogP contribution in [0.3, 0.4) is 0 Å². The van der Waals surface area contributed by atoms with Gasteiger partial charge in [0.1, 0.15) is 17.0 Å². The number of rotatable bonds is 4. The number of aromatic nitrogens is 1. The van der Waals surface area contributed by atoms with E-state index in [9.17, 15) is 13.6 Å². The number of hydrogen-bond acceptors (Lipinski definition) is 4. The number of carbonyl (C=O) groups excluding carboxylic acids is 1. The fourth-order valence-electron chi connectivity index (χ4n) is 1.76. The summed E-state index contributed by atoms with van der Waals surface area (Å²) in [4.78, 5) is 15.7. The van der Waals surface area contributed by atoms with Gasteiger partial charge < -0.3 is 9.47 Å². The maximum absolute atomic E-state index is 12.4. The zero-order valence-electron chi connectivity index (χ0n) is 12.7. The van der Waals surface area contributed by atoms with E-state index in [0.717, 1.165) is 6.08 Å². The summed E-state index contributed by atoms with van der Waals surface area (Å²) in [5.74, 6) is 0.399. The highest BCUT2D eigenvalue weighted by molar-refractivity contribution is 5.83. The van der Waals surface area contributed by atoms with Crippen LogP contribution in [0.25, 0.3) is 0 Å². The van der Waals surface area contributed by atoms with E-state index < -0.39 is 23.4 Å². The summed E-state index contributed by atoms with van der Waals surface area (Å²) in [6.07, 6.45) is -0.609. The predicted molar refractivity (Wildman–Crippen MR) is 77.0 cm³/mol. The molecule has 1 aromatic heterocycles. The first kappa shape index (κ1) is 16.2. The van der Waals surface area contributed by atoms with E-state index in [1.54, 1.807) is 39.0 Å². The van der Waals surface area contributed by atoms with Gasteiger partial charge in [0, 0.05) is 12.1 Å². The van der Waals surface area contributed by atoms with Crippen molar-refractivity contribution in [1.82, 2.24) is 4.98 Å². The molecule has 1 aromatic rings. The molecule has 1 amide bonds. The van der Waals surface area contributed by atoms with E-state index in [0.29, 0.717) is 12.8 Å². The third-order valence-corrected chi connectivity index (χ3v) is 2.78. The lowest BCUT2D eigenvalue weighted by molar-refractivity contribution is 0.0635. The number of amides is 1. The molecule has 1 N–H and O–H groups in total. The van der Waals surface area contributed by atoms with Gasteiger partial charge in [0.25, 0.3) is 6.08 Å². The lowest BCUT2D eigenvalue weighted by Crippen LogP contribution is -2.27. The van der Waals surface area contributed by atoms with Crippen LogP contribution in [0.2, 0.25) is 0 Å². The lowest BCUT2D eigenvalue weighted by atomic mass is 10.2. The maximum Gasteiger partial charge on any atom is 0.413 e. The van der Waals surface area contributed by atoms with Crippen molar-refractivity contribution in [3.8, 4) is 5.88 Å². The van der Waals surface area contributed by atoms with Crippen molar-refractivity contribution in [3.05, 3.63) is 30.4 Å². The smallest absolute Gasteiger partial charge is 0.413 e. The van der Waals surface area contributed by atoms with Crippen molar-refractivity contribution in [2.24, 2.45) is 0 Å². The highest BCUT2D eigenvalue weighted by atomic mass is 19.3. The third-order valence-electron chi connectivity index (χ3n) is 2.78. The molecule has 0 saturated heterocycles. The first-order chi connectivity index (χ1) is 10.2. The molecule has 0 atom stereocenters. The Bertz CT molecular complexity index is 589. The summed E-state index contributed by atoms with van der Waals surface area (Å²) in [5, 5.41) is 2.47. The zero-order chi connectivity index (χ0) is 16.4. The van der Waals surface area contributed by atoms with Crippen LogP contribution in [0.1, 0.15) is 33.6 Å². The first-order valence-corrected chi connectivity index (χ1v) is 6.87. The van der Waals surface area contributed by atoms with E-state index in [-0.39, 0.29) is 11.7 Å². The first-order valence-electron chi connectivity index (χ1n) is 6.87. The number of carbonyl (C=O) groups is 1. The van der Waals surface area contributed by atoms with Gasteiger partial charge in [0.15, 0.2) is 0 Å². The molecule has 0 aromatic carbocycles. The normalized spacial score (nSPS) is 15.7. The van der Waals surface area contributed by atoms with Crippen LogP contribution in [-0.4, -0.2) is 22.3 Å². The van der Waals surface area contributed by atoms with Crippen LogP contribution in [0, 0.1) is 0 Å². The molecule has 0 unspecified atom stereocenters. The molecular formula is C15H18F2N2O3. The number of anilines is 1. The topological polar surface area (TPSA) is 60.5 Å². The Morgan fingerprint density at radius 1 is 1.36 bits per heavy atom. The van der Waals surface area contributed by atoms with E-state index in [1.165, 1.54) is 0 Å². The zero-order valence-corrected chi connectivity index (χ0v) is 12.7. The fourth-order valence-corrected chi connectivity index (χ4v) is 1.76. The minimum Gasteiger partial charge on any atom is -0.467 e. The second kappa shape index (κ2) is 5.90. The summed E-state index contributed by atoms with van der Waals surface area (Å²) in [5.41, 5.74) is -1.60. The van der Waals surface area contributed by atoms with Crippen molar-refractivity contribution in [2.75, 3.05) is 5.32 Å². The van der Waals surface area contributed by atoms with Gasteiger partial charge in [-0.3, -0.25) is 5.32 Å². The Balaban J connectivity index is 2.02. The Morgan fingerprint density at radius 2 is 2.05 bits per heavy atom. The van der Waals surface area contributed by atoms with Crippen LogP contribution in [-0.2, 0) is 4.74 Å². The van der Waals surface area contributed by atoms with Crippen LogP contribution >= 0.6 is 0 Å². The number of pyridine rings is 1. The molecule has 0 aliphatic heterocycles. The molecule has 0 bridgehead atoms. The highest BCUT2D eigenvalue weighted by Crippen LogP contribution is 2.42. The molecule has 0 spiro atoms. The highest BCUT2D eigenvalue weighted by Gasteiger charge is 2.45. The number of hydrogen-bond donors (Lipinski definition) is 1. The lowest BCUT2D eigenvalue weighted by Gasteiger charge is -2.19. The molecule has 2 rings (SSSR count). The van der Waals surface area contributed by atoms with Gasteiger partial charge in [-0.2, -0.15) is 13.8 Å². The van der Waals surface area contributed by atoms with Crippen LogP contribution in [0.4, 0.5) is 19.4 Å². The van der Waals surface area contributed by atoms with Gasteiger partial charge in [-0.15, -0.1) is 0 Å². The van der Waals surface area contributed by atoms with E-state index in [4.69, 9.17) is 9.47 Å². The average Bonchev–Trinajstić information content (AvgIpc) is 3.04. The second-order valence-electron chi connectivity index (χ2n) is 6.09. The molecule has 1 heterocycles. The molecule has 0 radical (unpaired) electrons. The molecule has 1 aliphatic carbocycles. The van der Waals surface area contributed by atoms with Crippen LogP contribution in [0.5, 0.6) is 5.88 Å². The maximum atomic E-state index is 12.4. The summed E-state index contributed by atoms with van der Waals surface area (Å²) in [6, 6.07) is 4.72. The van der Waals surface area contributed by atoms with Crippen LogP contribution in [0.15, 0.2) is 30.4 Å². The molecule has 1 aliphatic rings. The van der Waals surface area contributed by atoms with Gasteiger partial charge in [-0.05, 0) is 39.7 Å². The minimum atomic E-state index is -1.78. The quantitative estimate of drug-likeness (QED) is 0.908. The second-order valence-corrected chi connectivity index (χ2v) is 6.09. The van der Waals surface area contributed by atoms with Crippen molar-refractivity contribution in [1.29, 1.82) is 0 Å². The third kappa shape index (κ3) is 4.98. The number of nitrogens with one attached hydrogen (secondary N) is 1. The van der Waals surface area contributed by atoms with E-state index in [2.05, 4.69) is 10.3 Å². The predicted octanol–water partition coefficient (Wildman–Crippen LogP) is 4.12. The van der Waals surface area contributed by atoms with Gasteiger partial charge in [0.2, 0.25) is 5.88 Å². The molecular weight excluding hydrogens is 294 g/mol. The molecule has 1 fully saturated rings. The molecule has 7 heteroatoms. The molecule has 120 valence electrons. The van der Waals surface area contributed by atoms with E-state index in [1.807, 2.05) is 0 Å².